The molecule has 0 N–H and O–H groups in total. The van der Waals surface area contributed by atoms with Gasteiger partial charge in [0.15, 0.2) is 0 Å². The summed E-state index contributed by atoms with van der Waals surface area (Å²) in [5, 5.41) is 0. The molecule has 2 rings (SSSR count). The lowest BCUT2D eigenvalue weighted by atomic mass is 10.2. The highest BCUT2D eigenvalue weighted by atomic mass is 16.5. The first kappa shape index (κ1) is 18.1. The third kappa shape index (κ3) is 6.45. The molecule has 0 bridgehead atoms. The summed E-state index contributed by atoms with van der Waals surface area (Å²) in [4.78, 5) is 4.49. The predicted molar refractivity (Wildman–Crippen MR) is 101 cm³/mol. The highest BCUT2D eigenvalue weighted by molar-refractivity contribution is 5.82. The molecule has 2 aromatic rings. The van der Waals surface area contributed by atoms with Crippen LogP contribution >= 0.6 is 0 Å². The van der Waals surface area contributed by atoms with Crippen LogP contribution in [0.4, 0.5) is 5.69 Å². The van der Waals surface area contributed by atoms with Gasteiger partial charge in [0.1, 0.15) is 11.5 Å². The van der Waals surface area contributed by atoms with Gasteiger partial charge >= 0.3 is 0 Å². The first-order chi connectivity index (χ1) is 11.8. The molecular formula is C21H27NO2. The van der Waals surface area contributed by atoms with E-state index in [9.17, 15) is 0 Å². The monoisotopic (exact) mass is 325 g/mol. The van der Waals surface area contributed by atoms with E-state index in [0.717, 1.165) is 35.8 Å². The van der Waals surface area contributed by atoms with Crippen LogP contribution in [0.3, 0.4) is 0 Å². The highest BCUT2D eigenvalue weighted by Gasteiger charge is 1.96. The number of hydrogen-bond acceptors (Lipinski definition) is 3. The minimum atomic E-state index is 0.681. The number of rotatable bonds is 10. The maximum atomic E-state index is 5.74. The minimum Gasteiger partial charge on any atom is -0.494 e. The largest absolute Gasteiger partial charge is 0.494 e. The van der Waals surface area contributed by atoms with Gasteiger partial charge in [0.05, 0.1) is 18.9 Å². The van der Waals surface area contributed by atoms with E-state index in [1.54, 1.807) is 0 Å². The fraction of sp³-hybridized carbons (Fsp3) is 0.381. The molecular weight excluding hydrogens is 298 g/mol. The van der Waals surface area contributed by atoms with Crippen molar-refractivity contribution in [2.45, 2.75) is 39.5 Å². The molecule has 0 amide bonds. The Balaban J connectivity index is 1.82. The van der Waals surface area contributed by atoms with Crippen LogP contribution in [-0.2, 0) is 0 Å². The Bertz CT molecular complexity index is 603. The Hall–Kier alpha value is -2.29. The van der Waals surface area contributed by atoms with Gasteiger partial charge in [-0.05, 0) is 67.4 Å². The second kappa shape index (κ2) is 10.5. The van der Waals surface area contributed by atoms with Crippen molar-refractivity contribution >= 4 is 11.9 Å². The van der Waals surface area contributed by atoms with Gasteiger partial charge in [0, 0.05) is 6.21 Å². The summed E-state index contributed by atoms with van der Waals surface area (Å²) in [5.41, 5.74) is 1.97. The van der Waals surface area contributed by atoms with E-state index < -0.39 is 0 Å². The number of aliphatic imine (C=N–C) groups is 1. The molecule has 0 aliphatic carbocycles. The van der Waals surface area contributed by atoms with E-state index in [4.69, 9.17) is 9.47 Å². The molecule has 0 heterocycles. The molecule has 3 heteroatoms. The van der Waals surface area contributed by atoms with Crippen LogP contribution in [0.25, 0.3) is 0 Å². The van der Waals surface area contributed by atoms with Gasteiger partial charge in [0.25, 0.3) is 0 Å². The fourth-order valence-electron chi connectivity index (χ4n) is 2.31. The molecule has 0 atom stereocenters. The summed E-state index contributed by atoms with van der Waals surface area (Å²) in [6.07, 6.45) is 6.74. The maximum absolute atomic E-state index is 5.74. The van der Waals surface area contributed by atoms with Crippen LogP contribution < -0.4 is 9.47 Å². The van der Waals surface area contributed by atoms with Crippen LogP contribution in [0.2, 0.25) is 0 Å². The van der Waals surface area contributed by atoms with Crippen LogP contribution in [0.1, 0.15) is 45.1 Å². The van der Waals surface area contributed by atoms with Gasteiger partial charge < -0.3 is 9.47 Å². The summed E-state index contributed by atoms with van der Waals surface area (Å²) in [7, 11) is 0. The quantitative estimate of drug-likeness (QED) is 0.408. The van der Waals surface area contributed by atoms with Crippen LogP contribution in [-0.4, -0.2) is 19.4 Å². The third-order valence-electron chi connectivity index (χ3n) is 3.66. The van der Waals surface area contributed by atoms with E-state index >= 15 is 0 Å². The summed E-state index contributed by atoms with van der Waals surface area (Å²) >= 11 is 0. The van der Waals surface area contributed by atoms with Gasteiger partial charge in [0.2, 0.25) is 0 Å². The van der Waals surface area contributed by atoms with E-state index in [2.05, 4.69) is 11.9 Å². The molecule has 0 aliphatic heterocycles. The van der Waals surface area contributed by atoms with Gasteiger partial charge in [-0.1, -0.05) is 26.2 Å². The Morgan fingerprint density at radius 3 is 2.12 bits per heavy atom. The number of hydrogen-bond donors (Lipinski definition) is 0. The number of unbranched alkanes of at least 4 members (excludes halogenated alkanes) is 3. The van der Waals surface area contributed by atoms with E-state index in [1.807, 2.05) is 61.7 Å². The second-order valence-corrected chi connectivity index (χ2v) is 5.66. The van der Waals surface area contributed by atoms with Crippen molar-refractivity contribution in [3.8, 4) is 11.5 Å². The van der Waals surface area contributed by atoms with E-state index in [1.165, 1.54) is 19.3 Å². The van der Waals surface area contributed by atoms with Gasteiger partial charge in [-0.2, -0.15) is 0 Å². The molecule has 0 aliphatic rings. The Morgan fingerprint density at radius 2 is 1.46 bits per heavy atom. The Kier molecular flexibility index (Phi) is 7.88. The predicted octanol–water partition coefficient (Wildman–Crippen LogP) is 5.80. The molecule has 0 spiro atoms. The van der Waals surface area contributed by atoms with Crippen molar-refractivity contribution in [3.63, 3.8) is 0 Å². The van der Waals surface area contributed by atoms with Crippen LogP contribution in [0.15, 0.2) is 53.5 Å². The Morgan fingerprint density at radius 1 is 0.792 bits per heavy atom. The zero-order valence-electron chi connectivity index (χ0n) is 14.7. The van der Waals surface area contributed by atoms with Gasteiger partial charge in [-0.15, -0.1) is 0 Å². The Labute approximate surface area is 145 Å². The van der Waals surface area contributed by atoms with Crippen molar-refractivity contribution in [1.82, 2.24) is 0 Å². The SMILES string of the molecule is CCCCCCOc1ccc(N=Cc2ccc(OCC)cc2)cc1. The smallest absolute Gasteiger partial charge is 0.119 e. The standard InChI is InChI=1S/C21H27NO2/c1-3-5-6-7-16-24-21-14-10-19(11-15-21)22-17-18-8-12-20(13-9-18)23-4-2/h8-15,17H,3-7,16H2,1-2H3. The lowest BCUT2D eigenvalue weighted by Crippen LogP contribution is -1.96. The average molecular weight is 325 g/mol. The molecule has 0 radical (unpaired) electrons. The molecule has 0 saturated heterocycles. The first-order valence-electron chi connectivity index (χ1n) is 8.81. The third-order valence-corrected chi connectivity index (χ3v) is 3.66. The van der Waals surface area contributed by atoms with E-state index in [-0.39, 0.29) is 0 Å². The summed E-state index contributed by atoms with van der Waals surface area (Å²) < 4.78 is 11.2. The molecule has 0 fully saturated rings. The van der Waals surface area contributed by atoms with Crippen LogP contribution in [0.5, 0.6) is 11.5 Å². The first-order valence-corrected chi connectivity index (χ1v) is 8.81. The topological polar surface area (TPSA) is 30.8 Å². The van der Waals surface area contributed by atoms with Crippen molar-refractivity contribution in [1.29, 1.82) is 0 Å². The molecule has 24 heavy (non-hydrogen) atoms. The number of ether oxygens (including phenoxy) is 2. The highest BCUT2D eigenvalue weighted by Crippen LogP contribution is 2.19. The van der Waals surface area contributed by atoms with Crippen molar-refractivity contribution in [2.24, 2.45) is 4.99 Å². The molecule has 3 nitrogen and oxygen atoms in total. The maximum Gasteiger partial charge on any atom is 0.119 e. The minimum absolute atomic E-state index is 0.681. The van der Waals surface area contributed by atoms with Crippen LogP contribution in [0, 0.1) is 0 Å². The molecule has 2 aromatic carbocycles. The van der Waals surface area contributed by atoms with Crippen molar-refractivity contribution in [2.75, 3.05) is 13.2 Å². The van der Waals surface area contributed by atoms with E-state index in [0.29, 0.717) is 6.61 Å². The normalized spacial score (nSPS) is 10.9. The molecule has 128 valence electrons. The summed E-state index contributed by atoms with van der Waals surface area (Å²) in [6, 6.07) is 15.8. The molecule has 0 unspecified atom stereocenters. The number of nitrogens with zero attached hydrogens (tertiary/aromatic N) is 1. The zero-order valence-corrected chi connectivity index (χ0v) is 14.7. The summed E-state index contributed by atoms with van der Waals surface area (Å²) in [6.45, 7) is 5.66. The number of benzene rings is 2. The van der Waals surface area contributed by atoms with Crippen molar-refractivity contribution in [3.05, 3.63) is 54.1 Å². The van der Waals surface area contributed by atoms with Gasteiger partial charge in [-0.3, -0.25) is 4.99 Å². The summed E-state index contributed by atoms with van der Waals surface area (Å²) in [5.74, 6) is 1.79. The lowest BCUT2D eigenvalue weighted by Gasteiger charge is -2.06. The zero-order chi connectivity index (χ0) is 17.0. The molecule has 0 aromatic heterocycles. The van der Waals surface area contributed by atoms with Gasteiger partial charge in [-0.25, -0.2) is 0 Å². The average Bonchev–Trinajstić information content (AvgIpc) is 2.62. The second-order valence-electron chi connectivity index (χ2n) is 5.66. The fourth-order valence-corrected chi connectivity index (χ4v) is 2.31. The van der Waals surface area contributed by atoms with Crippen molar-refractivity contribution < 1.29 is 9.47 Å². The molecule has 0 saturated carbocycles. The lowest BCUT2D eigenvalue weighted by molar-refractivity contribution is 0.305.